The first-order valence-corrected chi connectivity index (χ1v) is 12.0. The van der Waals surface area contributed by atoms with E-state index in [9.17, 15) is 9.59 Å². The van der Waals surface area contributed by atoms with E-state index in [1.807, 2.05) is 29.3 Å². The van der Waals surface area contributed by atoms with Crippen molar-refractivity contribution in [3.05, 3.63) is 28.7 Å². The zero-order valence-electron chi connectivity index (χ0n) is 19.1. The number of nitrogens with one attached hydrogen (secondary N) is 1. The van der Waals surface area contributed by atoms with Gasteiger partial charge in [-0.15, -0.1) is 0 Å². The number of carbonyl (C=O) groups is 2. The van der Waals surface area contributed by atoms with Gasteiger partial charge in [0.2, 0.25) is 11.8 Å². The van der Waals surface area contributed by atoms with Crippen molar-refractivity contribution in [2.45, 2.75) is 77.3 Å². The SMILES string of the molecule is Cc1nc2cc([C@@H]3CCCN3C(=O)C3CC3)nn2c(C)c1CCC(=O)N[C@H]1CCCOC1. The third-order valence-electron chi connectivity index (χ3n) is 7.11. The number of amides is 2. The van der Waals surface area contributed by atoms with Gasteiger partial charge < -0.3 is 15.0 Å². The van der Waals surface area contributed by atoms with Gasteiger partial charge in [-0.1, -0.05) is 0 Å². The number of aryl methyl sites for hydroxylation is 2. The maximum Gasteiger partial charge on any atom is 0.226 e. The molecule has 0 radical (unpaired) electrons. The van der Waals surface area contributed by atoms with Gasteiger partial charge in [0.05, 0.1) is 24.4 Å². The van der Waals surface area contributed by atoms with E-state index in [1.165, 1.54) is 0 Å². The Balaban J connectivity index is 1.31. The highest BCUT2D eigenvalue weighted by molar-refractivity contribution is 5.81. The lowest BCUT2D eigenvalue weighted by Crippen LogP contribution is -2.40. The molecule has 3 fully saturated rings. The maximum atomic E-state index is 12.7. The molecule has 0 aromatic carbocycles. The van der Waals surface area contributed by atoms with Gasteiger partial charge in [0.25, 0.3) is 0 Å². The molecule has 2 amide bonds. The summed E-state index contributed by atoms with van der Waals surface area (Å²) in [5.74, 6) is 0.578. The first kappa shape index (κ1) is 21.4. The highest BCUT2D eigenvalue weighted by atomic mass is 16.5. The summed E-state index contributed by atoms with van der Waals surface area (Å²) < 4.78 is 7.35. The molecule has 4 heterocycles. The lowest BCUT2D eigenvalue weighted by atomic mass is 10.1. The number of ether oxygens (including phenoxy) is 1. The monoisotopic (exact) mass is 439 g/mol. The topological polar surface area (TPSA) is 88.8 Å². The second-order valence-electron chi connectivity index (χ2n) is 9.55. The summed E-state index contributed by atoms with van der Waals surface area (Å²) >= 11 is 0. The Morgan fingerprint density at radius 3 is 2.78 bits per heavy atom. The van der Waals surface area contributed by atoms with Crippen LogP contribution in [0.5, 0.6) is 0 Å². The molecular weight excluding hydrogens is 406 g/mol. The minimum Gasteiger partial charge on any atom is -0.379 e. The minimum absolute atomic E-state index is 0.0523. The van der Waals surface area contributed by atoms with Gasteiger partial charge >= 0.3 is 0 Å². The third-order valence-corrected chi connectivity index (χ3v) is 7.11. The molecule has 32 heavy (non-hydrogen) atoms. The van der Waals surface area contributed by atoms with Crippen LogP contribution < -0.4 is 5.32 Å². The van der Waals surface area contributed by atoms with E-state index in [-0.39, 0.29) is 23.9 Å². The molecule has 8 heteroatoms. The normalized spacial score (nSPS) is 23.6. The van der Waals surface area contributed by atoms with E-state index in [0.717, 1.165) is 80.0 Å². The molecular formula is C24H33N5O3. The van der Waals surface area contributed by atoms with Crippen molar-refractivity contribution in [3.63, 3.8) is 0 Å². The summed E-state index contributed by atoms with van der Waals surface area (Å²) in [5.41, 5.74) is 4.77. The van der Waals surface area contributed by atoms with E-state index >= 15 is 0 Å². The molecule has 1 N–H and O–H groups in total. The van der Waals surface area contributed by atoms with Gasteiger partial charge in [-0.2, -0.15) is 5.10 Å². The Bertz CT molecular complexity index is 1020. The molecule has 0 unspecified atom stereocenters. The molecule has 3 aliphatic rings. The molecule has 2 aromatic rings. The fourth-order valence-electron chi connectivity index (χ4n) is 5.16. The molecule has 172 valence electrons. The second-order valence-corrected chi connectivity index (χ2v) is 9.55. The Morgan fingerprint density at radius 2 is 2.03 bits per heavy atom. The van der Waals surface area contributed by atoms with Gasteiger partial charge in [0, 0.05) is 42.9 Å². The van der Waals surface area contributed by atoms with E-state index in [2.05, 4.69) is 5.32 Å². The van der Waals surface area contributed by atoms with Gasteiger partial charge in [0.1, 0.15) is 0 Å². The number of likely N-dealkylation sites (tertiary alicyclic amines) is 1. The van der Waals surface area contributed by atoms with Crippen LogP contribution in [0, 0.1) is 19.8 Å². The summed E-state index contributed by atoms with van der Waals surface area (Å²) in [4.78, 5) is 32.0. The molecule has 1 aliphatic carbocycles. The number of carbonyl (C=O) groups excluding carboxylic acids is 2. The van der Waals surface area contributed by atoms with Crippen molar-refractivity contribution < 1.29 is 14.3 Å². The molecule has 2 aromatic heterocycles. The van der Waals surface area contributed by atoms with Crippen LogP contribution in [0.4, 0.5) is 0 Å². The van der Waals surface area contributed by atoms with Gasteiger partial charge in [-0.05, 0) is 64.4 Å². The Labute approximate surface area is 188 Å². The van der Waals surface area contributed by atoms with Crippen LogP contribution >= 0.6 is 0 Å². The van der Waals surface area contributed by atoms with Crippen molar-refractivity contribution in [1.29, 1.82) is 0 Å². The zero-order chi connectivity index (χ0) is 22.2. The van der Waals surface area contributed by atoms with E-state index < -0.39 is 0 Å². The van der Waals surface area contributed by atoms with Crippen molar-refractivity contribution in [2.75, 3.05) is 19.8 Å². The molecule has 8 nitrogen and oxygen atoms in total. The largest absolute Gasteiger partial charge is 0.379 e. The van der Waals surface area contributed by atoms with Crippen LogP contribution in [-0.4, -0.2) is 57.1 Å². The van der Waals surface area contributed by atoms with Crippen molar-refractivity contribution in [2.24, 2.45) is 5.92 Å². The Hall–Kier alpha value is -2.48. The second kappa shape index (κ2) is 8.81. The standard InChI is InChI=1S/C24H33N5O3/c1-15-19(9-10-23(30)26-18-5-4-12-32-14-18)16(2)29-22(25-15)13-20(27-29)21-6-3-11-28(21)24(31)17-7-8-17/h13,17-18,21H,3-12,14H2,1-2H3,(H,26,30)/t18-,21-/m0/s1. The number of hydrogen-bond acceptors (Lipinski definition) is 5. The lowest BCUT2D eigenvalue weighted by molar-refractivity contribution is -0.133. The Kier molecular flexibility index (Phi) is 5.88. The highest BCUT2D eigenvalue weighted by Crippen LogP contribution is 2.38. The molecule has 2 saturated heterocycles. The minimum atomic E-state index is 0.0523. The zero-order valence-corrected chi connectivity index (χ0v) is 19.1. The van der Waals surface area contributed by atoms with Crippen LogP contribution in [-0.2, 0) is 20.7 Å². The number of rotatable bonds is 6. The summed E-state index contributed by atoms with van der Waals surface area (Å²) in [6.07, 6.45) is 7.06. The van der Waals surface area contributed by atoms with Crippen molar-refractivity contribution >= 4 is 17.5 Å². The van der Waals surface area contributed by atoms with Gasteiger partial charge in [-0.3, -0.25) is 9.59 Å². The van der Waals surface area contributed by atoms with Crippen LogP contribution in [0.2, 0.25) is 0 Å². The van der Waals surface area contributed by atoms with Crippen molar-refractivity contribution in [1.82, 2.24) is 24.8 Å². The molecule has 1 saturated carbocycles. The van der Waals surface area contributed by atoms with Crippen molar-refractivity contribution in [3.8, 4) is 0 Å². The summed E-state index contributed by atoms with van der Waals surface area (Å²) in [6.45, 7) is 6.26. The highest BCUT2D eigenvalue weighted by Gasteiger charge is 2.39. The molecule has 0 spiro atoms. The first-order valence-electron chi connectivity index (χ1n) is 12.0. The summed E-state index contributed by atoms with van der Waals surface area (Å²) in [6, 6.07) is 2.21. The average Bonchev–Trinajstić information content (AvgIpc) is 3.36. The lowest BCUT2D eigenvalue weighted by Gasteiger charge is -2.23. The third kappa shape index (κ3) is 4.25. The van der Waals surface area contributed by atoms with E-state index in [4.69, 9.17) is 14.8 Å². The maximum absolute atomic E-state index is 12.7. The summed E-state index contributed by atoms with van der Waals surface area (Å²) in [5, 5.41) is 7.96. The van der Waals surface area contributed by atoms with Crippen LogP contribution in [0.15, 0.2) is 6.07 Å². The smallest absolute Gasteiger partial charge is 0.226 e. The number of aromatic nitrogens is 3. The van der Waals surface area contributed by atoms with Crippen LogP contribution in [0.25, 0.3) is 5.65 Å². The predicted molar refractivity (Wildman–Crippen MR) is 119 cm³/mol. The fraction of sp³-hybridized carbons (Fsp3) is 0.667. The Morgan fingerprint density at radius 1 is 1.19 bits per heavy atom. The van der Waals surface area contributed by atoms with E-state index in [0.29, 0.717) is 25.4 Å². The number of nitrogens with zero attached hydrogens (tertiary/aromatic N) is 4. The van der Waals surface area contributed by atoms with Gasteiger partial charge in [-0.25, -0.2) is 9.50 Å². The molecule has 2 aliphatic heterocycles. The summed E-state index contributed by atoms with van der Waals surface area (Å²) in [7, 11) is 0. The molecule has 2 atom stereocenters. The molecule has 5 rings (SSSR count). The van der Waals surface area contributed by atoms with E-state index in [1.54, 1.807) is 0 Å². The average molecular weight is 440 g/mol. The first-order chi connectivity index (χ1) is 15.5. The molecule has 0 bridgehead atoms. The van der Waals surface area contributed by atoms with Gasteiger partial charge in [0.15, 0.2) is 5.65 Å². The number of fused-ring (bicyclic) bond motifs is 1. The number of hydrogen-bond donors (Lipinski definition) is 1. The predicted octanol–water partition coefficient (Wildman–Crippen LogP) is 2.65. The van der Waals surface area contributed by atoms with Crippen LogP contribution in [0.1, 0.15) is 73.6 Å². The van der Waals surface area contributed by atoms with Crippen LogP contribution in [0.3, 0.4) is 0 Å². The quantitative estimate of drug-likeness (QED) is 0.748. The fourth-order valence-corrected chi connectivity index (χ4v) is 5.16.